The highest BCUT2D eigenvalue weighted by molar-refractivity contribution is 5.92. The molecule has 1 aliphatic heterocycles. The van der Waals surface area contributed by atoms with Crippen LogP contribution in [0.3, 0.4) is 0 Å². The molecule has 4 rings (SSSR count). The van der Waals surface area contributed by atoms with Crippen molar-refractivity contribution in [1.82, 2.24) is 14.8 Å². The fraction of sp³-hybridized carbons (Fsp3) is 0.609. The maximum Gasteiger partial charge on any atom is 0.227 e. The number of benzene rings is 1. The van der Waals surface area contributed by atoms with Gasteiger partial charge in [0.05, 0.1) is 6.42 Å². The molecule has 152 valence electrons. The molecule has 1 amide bonds. The highest BCUT2D eigenvalue weighted by Crippen LogP contribution is 2.32. The van der Waals surface area contributed by atoms with Crippen LogP contribution >= 0.6 is 0 Å². The molecule has 5 heteroatoms. The summed E-state index contributed by atoms with van der Waals surface area (Å²) in [6.07, 6.45) is 3.87. The topological polar surface area (TPSA) is 59.6 Å². The Hall–Kier alpha value is -1.85. The molecule has 2 heterocycles. The number of rotatable bonds is 6. The smallest absolute Gasteiger partial charge is 0.227 e. The first-order chi connectivity index (χ1) is 13.5. The normalized spacial score (nSPS) is 20.9. The average molecular weight is 384 g/mol. The summed E-state index contributed by atoms with van der Waals surface area (Å²) in [5.74, 6) is 1.04. The van der Waals surface area contributed by atoms with E-state index >= 15 is 0 Å². The lowest BCUT2D eigenvalue weighted by Crippen LogP contribution is -2.55. The molecule has 28 heavy (non-hydrogen) atoms. The third kappa shape index (κ3) is 3.96. The van der Waals surface area contributed by atoms with E-state index in [0.29, 0.717) is 6.42 Å². The second-order valence-corrected chi connectivity index (χ2v) is 8.85. The van der Waals surface area contributed by atoms with Gasteiger partial charge in [0.25, 0.3) is 0 Å². The van der Waals surface area contributed by atoms with Gasteiger partial charge in [0.1, 0.15) is 0 Å². The summed E-state index contributed by atoms with van der Waals surface area (Å²) < 4.78 is 0. The summed E-state index contributed by atoms with van der Waals surface area (Å²) >= 11 is 0. The van der Waals surface area contributed by atoms with Crippen molar-refractivity contribution in [3.8, 4) is 0 Å². The number of hydrogen-bond acceptors (Lipinski definition) is 3. The SMILES string of the molecule is Cc1cc(C)c2[nH]c(C)c(CC(=O)N3CCN(CC4CC4)[C@H](CCO)C3)c2c1. The number of aliphatic hydroxyl groups excluding tert-OH is 1. The lowest BCUT2D eigenvalue weighted by atomic mass is 10.0. The van der Waals surface area contributed by atoms with E-state index in [1.54, 1.807) is 0 Å². The fourth-order valence-corrected chi connectivity index (χ4v) is 4.74. The van der Waals surface area contributed by atoms with Gasteiger partial charge < -0.3 is 15.0 Å². The Labute approximate surface area is 167 Å². The first kappa shape index (κ1) is 19.5. The molecule has 0 bridgehead atoms. The lowest BCUT2D eigenvalue weighted by molar-refractivity contribution is -0.133. The van der Waals surface area contributed by atoms with Crippen molar-refractivity contribution in [3.63, 3.8) is 0 Å². The summed E-state index contributed by atoms with van der Waals surface area (Å²) in [6.45, 7) is 10.1. The molecule has 2 fully saturated rings. The zero-order valence-electron chi connectivity index (χ0n) is 17.4. The molecule has 1 aliphatic carbocycles. The molecule has 1 saturated heterocycles. The van der Waals surface area contributed by atoms with E-state index in [1.165, 1.54) is 29.4 Å². The third-order valence-corrected chi connectivity index (χ3v) is 6.51. The van der Waals surface area contributed by atoms with Crippen LogP contribution in [-0.2, 0) is 11.2 Å². The van der Waals surface area contributed by atoms with Crippen molar-refractivity contribution < 1.29 is 9.90 Å². The van der Waals surface area contributed by atoms with E-state index in [-0.39, 0.29) is 18.6 Å². The van der Waals surface area contributed by atoms with Crippen LogP contribution in [0.5, 0.6) is 0 Å². The Kier molecular flexibility index (Phi) is 5.48. The van der Waals surface area contributed by atoms with Crippen molar-refractivity contribution in [1.29, 1.82) is 0 Å². The number of aromatic amines is 1. The predicted octanol–water partition coefficient (Wildman–Crippen LogP) is 2.94. The van der Waals surface area contributed by atoms with Gasteiger partial charge in [-0.05, 0) is 63.1 Å². The van der Waals surface area contributed by atoms with Gasteiger partial charge in [-0.25, -0.2) is 0 Å². The summed E-state index contributed by atoms with van der Waals surface area (Å²) in [7, 11) is 0. The zero-order valence-corrected chi connectivity index (χ0v) is 17.4. The summed E-state index contributed by atoms with van der Waals surface area (Å²) in [5.41, 5.74) is 5.84. The van der Waals surface area contributed by atoms with Crippen LogP contribution in [0.15, 0.2) is 12.1 Å². The maximum absolute atomic E-state index is 13.2. The number of piperazine rings is 1. The Bertz CT molecular complexity index is 868. The number of hydrogen-bond donors (Lipinski definition) is 2. The van der Waals surface area contributed by atoms with Crippen molar-refractivity contribution >= 4 is 16.8 Å². The largest absolute Gasteiger partial charge is 0.396 e. The second-order valence-electron chi connectivity index (χ2n) is 8.85. The number of H-pyrrole nitrogens is 1. The molecular formula is C23H33N3O2. The Morgan fingerprint density at radius 3 is 2.71 bits per heavy atom. The minimum Gasteiger partial charge on any atom is -0.396 e. The number of fused-ring (bicyclic) bond motifs is 1. The first-order valence-corrected chi connectivity index (χ1v) is 10.7. The van der Waals surface area contributed by atoms with Crippen molar-refractivity contribution in [2.24, 2.45) is 5.92 Å². The van der Waals surface area contributed by atoms with Crippen molar-refractivity contribution in [3.05, 3.63) is 34.5 Å². The molecule has 5 nitrogen and oxygen atoms in total. The van der Waals surface area contributed by atoms with Gasteiger partial charge in [0, 0.05) is 55.4 Å². The van der Waals surface area contributed by atoms with Gasteiger partial charge in [-0.15, -0.1) is 0 Å². The molecule has 0 spiro atoms. The van der Waals surface area contributed by atoms with Gasteiger partial charge in [-0.2, -0.15) is 0 Å². The molecule has 2 aliphatic rings. The van der Waals surface area contributed by atoms with Gasteiger partial charge in [-0.1, -0.05) is 11.6 Å². The zero-order chi connectivity index (χ0) is 19.8. The molecule has 0 radical (unpaired) electrons. The lowest BCUT2D eigenvalue weighted by Gasteiger charge is -2.41. The van der Waals surface area contributed by atoms with Gasteiger partial charge in [0.15, 0.2) is 0 Å². The van der Waals surface area contributed by atoms with Crippen LogP contribution in [-0.4, -0.2) is 64.6 Å². The van der Waals surface area contributed by atoms with E-state index in [0.717, 1.165) is 55.3 Å². The van der Waals surface area contributed by atoms with E-state index in [2.05, 4.69) is 42.8 Å². The standard InChI is InChI=1S/C23H33N3O2/c1-15-10-16(2)23-21(11-15)20(17(3)24-23)12-22(28)26-8-7-25(13-18-4-5-18)19(14-26)6-9-27/h10-11,18-19,24,27H,4-9,12-14H2,1-3H3/t19-/m1/s1. The quantitative estimate of drug-likeness (QED) is 0.806. The number of amides is 1. The van der Waals surface area contributed by atoms with Crippen LogP contribution in [0, 0.1) is 26.7 Å². The van der Waals surface area contributed by atoms with E-state index in [9.17, 15) is 9.90 Å². The Morgan fingerprint density at radius 2 is 2.00 bits per heavy atom. The molecular weight excluding hydrogens is 350 g/mol. The maximum atomic E-state index is 13.2. The summed E-state index contributed by atoms with van der Waals surface area (Å²) in [5, 5.41) is 10.7. The van der Waals surface area contributed by atoms with Crippen LogP contribution in [0.2, 0.25) is 0 Å². The highest BCUT2D eigenvalue weighted by Gasteiger charge is 2.33. The van der Waals surface area contributed by atoms with Crippen molar-refractivity contribution in [2.45, 2.75) is 52.5 Å². The Morgan fingerprint density at radius 1 is 1.21 bits per heavy atom. The number of carbonyl (C=O) groups is 1. The number of nitrogens with one attached hydrogen (secondary N) is 1. The molecule has 1 saturated carbocycles. The molecule has 0 unspecified atom stereocenters. The van der Waals surface area contributed by atoms with Gasteiger partial charge in [-0.3, -0.25) is 9.69 Å². The number of aryl methyl sites for hydroxylation is 3. The van der Waals surface area contributed by atoms with Gasteiger partial charge in [0.2, 0.25) is 5.91 Å². The molecule has 2 aromatic rings. The summed E-state index contributed by atoms with van der Waals surface area (Å²) in [6, 6.07) is 4.66. The number of nitrogens with zero attached hydrogens (tertiary/aromatic N) is 2. The molecule has 1 atom stereocenters. The number of aliphatic hydroxyl groups is 1. The number of carbonyl (C=O) groups excluding carboxylic acids is 1. The fourth-order valence-electron chi connectivity index (χ4n) is 4.74. The monoisotopic (exact) mass is 383 g/mol. The van der Waals surface area contributed by atoms with Crippen molar-refractivity contribution in [2.75, 3.05) is 32.8 Å². The van der Waals surface area contributed by atoms with Crippen LogP contribution in [0.4, 0.5) is 0 Å². The van der Waals surface area contributed by atoms with E-state index < -0.39 is 0 Å². The van der Waals surface area contributed by atoms with Gasteiger partial charge >= 0.3 is 0 Å². The molecule has 1 aromatic heterocycles. The average Bonchev–Trinajstić information content (AvgIpc) is 3.41. The van der Waals surface area contributed by atoms with Crippen LogP contribution in [0.1, 0.15) is 41.6 Å². The van der Waals surface area contributed by atoms with Crippen LogP contribution in [0.25, 0.3) is 10.9 Å². The minimum atomic E-state index is 0.188. The summed E-state index contributed by atoms with van der Waals surface area (Å²) in [4.78, 5) is 21.2. The Balaban J connectivity index is 1.49. The predicted molar refractivity (Wildman–Crippen MR) is 113 cm³/mol. The van der Waals surface area contributed by atoms with E-state index in [1.807, 2.05) is 4.90 Å². The minimum absolute atomic E-state index is 0.188. The highest BCUT2D eigenvalue weighted by atomic mass is 16.3. The molecule has 2 N–H and O–H groups in total. The first-order valence-electron chi connectivity index (χ1n) is 10.7. The van der Waals surface area contributed by atoms with Crippen LogP contribution < -0.4 is 0 Å². The second kappa shape index (κ2) is 7.88. The molecule has 1 aromatic carbocycles. The number of aromatic nitrogens is 1. The third-order valence-electron chi connectivity index (χ3n) is 6.51. The van der Waals surface area contributed by atoms with E-state index in [4.69, 9.17) is 0 Å².